The summed E-state index contributed by atoms with van der Waals surface area (Å²) >= 11 is 3.25. The van der Waals surface area contributed by atoms with Crippen LogP contribution in [0.1, 0.15) is 6.92 Å². The fourth-order valence-electron chi connectivity index (χ4n) is 1.36. The third kappa shape index (κ3) is 1.18. The molecule has 2 heterocycles. The van der Waals surface area contributed by atoms with E-state index in [4.69, 9.17) is 0 Å². The van der Waals surface area contributed by atoms with Gasteiger partial charge in [0.2, 0.25) is 0 Å². The minimum absolute atomic E-state index is 0.0579. The molecule has 0 spiro atoms. The first kappa shape index (κ1) is 9.39. The van der Waals surface area contributed by atoms with Gasteiger partial charge in [-0.15, -0.1) is 0 Å². The average Bonchev–Trinajstić information content (AvgIpc) is 2.44. The van der Waals surface area contributed by atoms with Crippen molar-refractivity contribution in [2.45, 2.75) is 13.5 Å². The zero-order chi connectivity index (χ0) is 10.3. The van der Waals surface area contributed by atoms with Crippen LogP contribution in [0.15, 0.2) is 15.7 Å². The number of halogens is 1. The second-order valence-corrected chi connectivity index (χ2v) is 3.70. The van der Waals surface area contributed by atoms with E-state index < -0.39 is 0 Å². The van der Waals surface area contributed by atoms with Crippen LogP contribution in [0.25, 0.3) is 11.0 Å². The van der Waals surface area contributed by atoms with Crippen LogP contribution in [0, 0.1) is 0 Å². The predicted molar refractivity (Wildman–Crippen MR) is 56.1 cm³/mol. The smallest absolute Gasteiger partial charge is 0.265 e. The topological polar surface area (TPSA) is 52.7 Å². The van der Waals surface area contributed by atoms with Crippen LogP contribution in [0.2, 0.25) is 0 Å². The maximum atomic E-state index is 11.8. The minimum atomic E-state index is -0.0579. The van der Waals surface area contributed by atoms with Crippen LogP contribution in [-0.4, -0.2) is 19.3 Å². The van der Waals surface area contributed by atoms with E-state index >= 15 is 0 Å². The molecule has 0 bridgehead atoms. The molecule has 0 saturated carbocycles. The van der Waals surface area contributed by atoms with Crippen LogP contribution in [0.5, 0.6) is 0 Å². The van der Waals surface area contributed by atoms with Crippen molar-refractivity contribution >= 4 is 27.0 Å². The van der Waals surface area contributed by atoms with Gasteiger partial charge < -0.3 is 0 Å². The molecule has 2 rings (SSSR count). The van der Waals surface area contributed by atoms with Crippen molar-refractivity contribution in [1.29, 1.82) is 0 Å². The summed E-state index contributed by atoms with van der Waals surface area (Å²) < 4.78 is 3.69. The predicted octanol–water partition coefficient (Wildman–Crippen LogP) is 0.912. The Labute approximate surface area is 88.5 Å². The molecule has 6 heteroatoms. The number of fused-ring (bicyclic) bond motifs is 1. The Kier molecular flexibility index (Phi) is 2.14. The summed E-state index contributed by atoms with van der Waals surface area (Å²) in [5.41, 5.74) is 0.545. The lowest BCUT2D eigenvalue weighted by atomic mass is 10.4. The van der Waals surface area contributed by atoms with Crippen molar-refractivity contribution in [2.24, 2.45) is 7.05 Å². The van der Waals surface area contributed by atoms with Crippen molar-refractivity contribution in [3.8, 4) is 0 Å². The highest BCUT2D eigenvalue weighted by Gasteiger charge is 2.12. The molecule has 5 nitrogen and oxygen atoms in total. The molecule has 0 aliphatic heterocycles. The van der Waals surface area contributed by atoms with Gasteiger partial charge in [-0.3, -0.25) is 9.36 Å². The number of nitrogens with zero attached hydrogens (tertiary/aromatic N) is 4. The summed E-state index contributed by atoms with van der Waals surface area (Å²) in [4.78, 5) is 16.0. The molecule has 0 amide bonds. The molecule has 0 aliphatic rings. The summed E-state index contributed by atoms with van der Waals surface area (Å²) in [6.07, 6.45) is 1.54. The molecular formula is C8H9BrN4O. The maximum absolute atomic E-state index is 11.8. The molecule has 0 saturated heterocycles. The van der Waals surface area contributed by atoms with Gasteiger partial charge in [-0.05, 0) is 22.9 Å². The molecule has 2 aromatic heterocycles. The third-order valence-electron chi connectivity index (χ3n) is 2.11. The van der Waals surface area contributed by atoms with Crippen molar-refractivity contribution in [3.63, 3.8) is 0 Å². The molecule has 0 aliphatic carbocycles. The van der Waals surface area contributed by atoms with E-state index in [0.29, 0.717) is 22.2 Å². The van der Waals surface area contributed by atoms with Crippen LogP contribution in [0.4, 0.5) is 0 Å². The van der Waals surface area contributed by atoms with Crippen LogP contribution >= 0.6 is 15.9 Å². The van der Waals surface area contributed by atoms with Gasteiger partial charge in [0.05, 0.1) is 6.33 Å². The van der Waals surface area contributed by atoms with Crippen molar-refractivity contribution in [1.82, 2.24) is 19.3 Å². The van der Waals surface area contributed by atoms with E-state index in [1.165, 1.54) is 0 Å². The average molecular weight is 257 g/mol. The molecule has 74 valence electrons. The number of hydrogen-bond donors (Lipinski definition) is 0. The number of rotatable bonds is 1. The Morgan fingerprint density at radius 2 is 2.29 bits per heavy atom. The van der Waals surface area contributed by atoms with Crippen LogP contribution < -0.4 is 5.56 Å². The van der Waals surface area contributed by atoms with Gasteiger partial charge in [0.25, 0.3) is 5.56 Å². The van der Waals surface area contributed by atoms with Gasteiger partial charge in [-0.2, -0.15) is 5.10 Å². The van der Waals surface area contributed by atoms with Gasteiger partial charge in [0.15, 0.2) is 5.65 Å². The second kappa shape index (κ2) is 3.20. The lowest BCUT2D eigenvalue weighted by molar-refractivity contribution is 0.711. The van der Waals surface area contributed by atoms with E-state index in [2.05, 4.69) is 26.0 Å². The van der Waals surface area contributed by atoms with Crippen LogP contribution in [-0.2, 0) is 13.6 Å². The van der Waals surface area contributed by atoms with Gasteiger partial charge in [0, 0.05) is 13.6 Å². The van der Waals surface area contributed by atoms with Gasteiger partial charge >= 0.3 is 0 Å². The molecule has 0 unspecified atom stereocenters. The van der Waals surface area contributed by atoms with E-state index in [-0.39, 0.29) is 5.56 Å². The van der Waals surface area contributed by atoms with Gasteiger partial charge in [-0.25, -0.2) is 9.67 Å². The molecule has 0 fully saturated rings. The molecular weight excluding hydrogens is 248 g/mol. The van der Waals surface area contributed by atoms with E-state index in [1.54, 1.807) is 22.6 Å². The Hall–Kier alpha value is -1.17. The highest BCUT2D eigenvalue weighted by atomic mass is 79.9. The summed E-state index contributed by atoms with van der Waals surface area (Å²) in [7, 11) is 1.76. The monoisotopic (exact) mass is 256 g/mol. The van der Waals surface area contributed by atoms with Crippen molar-refractivity contribution in [3.05, 3.63) is 21.3 Å². The second-order valence-electron chi connectivity index (χ2n) is 2.95. The third-order valence-corrected chi connectivity index (χ3v) is 2.66. The fourth-order valence-corrected chi connectivity index (χ4v) is 1.95. The largest absolute Gasteiger partial charge is 0.299 e. The SMILES string of the molecule is CCn1cnc2c(c(Br)nn2C)c1=O. The Balaban J connectivity index is 2.95. The first-order valence-electron chi connectivity index (χ1n) is 4.22. The molecule has 0 N–H and O–H groups in total. The summed E-state index contributed by atoms with van der Waals surface area (Å²) in [5, 5.41) is 4.62. The lowest BCUT2D eigenvalue weighted by Gasteiger charge is -1.99. The number of aromatic nitrogens is 4. The van der Waals surface area contributed by atoms with Crippen molar-refractivity contribution < 1.29 is 0 Å². The zero-order valence-electron chi connectivity index (χ0n) is 7.86. The standard InChI is InChI=1S/C8H9BrN4O/c1-3-13-4-10-7-5(8(13)14)6(9)11-12(7)2/h4H,3H2,1-2H3. The van der Waals surface area contributed by atoms with Crippen LogP contribution in [0.3, 0.4) is 0 Å². The molecule has 2 aromatic rings. The Bertz CT molecular complexity index is 542. The summed E-state index contributed by atoms with van der Waals surface area (Å²) in [5.74, 6) is 0. The fraction of sp³-hybridized carbons (Fsp3) is 0.375. The Morgan fingerprint density at radius 3 is 2.93 bits per heavy atom. The lowest BCUT2D eigenvalue weighted by Crippen LogP contribution is -2.19. The molecule has 0 radical (unpaired) electrons. The van der Waals surface area contributed by atoms with Gasteiger partial charge in [-0.1, -0.05) is 0 Å². The number of aryl methyl sites for hydroxylation is 2. The normalized spacial score (nSPS) is 11.1. The minimum Gasteiger partial charge on any atom is -0.299 e. The molecule has 0 atom stereocenters. The van der Waals surface area contributed by atoms with Crippen molar-refractivity contribution in [2.75, 3.05) is 0 Å². The first-order valence-corrected chi connectivity index (χ1v) is 5.02. The van der Waals surface area contributed by atoms with E-state index in [1.807, 2.05) is 6.92 Å². The first-order chi connectivity index (χ1) is 6.65. The quantitative estimate of drug-likeness (QED) is 0.763. The zero-order valence-corrected chi connectivity index (χ0v) is 9.45. The van der Waals surface area contributed by atoms with E-state index in [9.17, 15) is 4.79 Å². The van der Waals surface area contributed by atoms with E-state index in [0.717, 1.165) is 0 Å². The highest BCUT2D eigenvalue weighted by Crippen LogP contribution is 2.16. The Morgan fingerprint density at radius 1 is 1.57 bits per heavy atom. The van der Waals surface area contributed by atoms with Gasteiger partial charge in [0.1, 0.15) is 9.99 Å². The maximum Gasteiger partial charge on any atom is 0.265 e. The molecule has 0 aromatic carbocycles. The summed E-state index contributed by atoms with van der Waals surface area (Å²) in [6.45, 7) is 2.52. The number of hydrogen-bond acceptors (Lipinski definition) is 3. The highest BCUT2D eigenvalue weighted by molar-refractivity contribution is 9.10. The summed E-state index contributed by atoms with van der Waals surface area (Å²) in [6, 6.07) is 0. The molecule has 14 heavy (non-hydrogen) atoms.